The molecule has 18 heavy (non-hydrogen) atoms. The van der Waals surface area contributed by atoms with Crippen LogP contribution in [-0.4, -0.2) is 19.7 Å². The quantitative estimate of drug-likeness (QED) is 0.895. The summed E-state index contributed by atoms with van der Waals surface area (Å²) in [6.07, 6.45) is 0. The highest BCUT2D eigenvalue weighted by molar-refractivity contribution is 7.92. The first-order valence-electron chi connectivity index (χ1n) is 6.44. The Kier molecular flexibility index (Phi) is 3.52. The first-order chi connectivity index (χ1) is 8.35. The Bertz CT molecular complexity index is 536. The Labute approximate surface area is 110 Å². The Balaban J connectivity index is 2.58. The molecule has 0 radical (unpaired) electrons. The molecule has 3 unspecified atom stereocenters. The zero-order chi connectivity index (χ0) is 13.5. The summed E-state index contributed by atoms with van der Waals surface area (Å²) in [5.74, 6) is 0.0762. The molecule has 0 aliphatic carbocycles. The van der Waals surface area contributed by atoms with E-state index in [-0.39, 0.29) is 17.2 Å². The Morgan fingerprint density at radius 2 is 1.78 bits per heavy atom. The zero-order valence-electron chi connectivity index (χ0n) is 11.3. The number of benzene rings is 1. The Morgan fingerprint density at radius 1 is 1.17 bits per heavy atom. The summed E-state index contributed by atoms with van der Waals surface area (Å²) in [7, 11) is -3.18. The van der Waals surface area contributed by atoms with Gasteiger partial charge in [-0.3, -0.25) is 0 Å². The highest BCUT2D eigenvalue weighted by Gasteiger charge is 2.41. The van der Waals surface area contributed by atoms with Gasteiger partial charge in [0.15, 0.2) is 9.84 Å². The standard InChI is InChI=1S/C14H21NO2S/c1-9(2)15-14-10(3)11(4)18(16,17)13-8-6-5-7-12(13)14/h5-11,14-15H,1-4H3. The monoisotopic (exact) mass is 267 g/mol. The van der Waals surface area contributed by atoms with Gasteiger partial charge in [0.1, 0.15) is 0 Å². The second-order valence-electron chi connectivity index (χ2n) is 5.45. The second-order valence-corrected chi connectivity index (χ2v) is 7.72. The molecule has 0 saturated heterocycles. The maximum absolute atomic E-state index is 12.4. The summed E-state index contributed by atoms with van der Waals surface area (Å²) in [6, 6.07) is 7.80. The third-order valence-electron chi connectivity index (χ3n) is 3.83. The minimum absolute atomic E-state index is 0.0762. The summed E-state index contributed by atoms with van der Waals surface area (Å²) in [5, 5.41) is 3.15. The van der Waals surface area contributed by atoms with E-state index in [1.807, 2.05) is 26.0 Å². The number of hydrogen-bond acceptors (Lipinski definition) is 3. The van der Waals surface area contributed by atoms with Gasteiger partial charge < -0.3 is 5.32 Å². The van der Waals surface area contributed by atoms with Gasteiger partial charge in [-0.15, -0.1) is 0 Å². The van der Waals surface area contributed by atoms with Crippen LogP contribution in [0.2, 0.25) is 0 Å². The topological polar surface area (TPSA) is 46.2 Å². The van der Waals surface area contributed by atoms with Crippen molar-refractivity contribution in [1.29, 1.82) is 0 Å². The van der Waals surface area contributed by atoms with E-state index in [0.717, 1.165) is 5.56 Å². The van der Waals surface area contributed by atoms with E-state index in [1.165, 1.54) is 0 Å². The van der Waals surface area contributed by atoms with Gasteiger partial charge in [0.25, 0.3) is 0 Å². The smallest absolute Gasteiger partial charge is 0.181 e. The van der Waals surface area contributed by atoms with Crippen molar-refractivity contribution in [2.75, 3.05) is 0 Å². The first kappa shape index (κ1) is 13.6. The van der Waals surface area contributed by atoms with Crippen molar-refractivity contribution in [1.82, 2.24) is 5.32 Å². The van der Waals surface area contributed by atoms with Gasteiger partial charge >= 0.3 is 0 Å². The van der Waals surface area contributed by atoms with E-state index >= 15 is 0 Å². The minimum atomic E-state index is -3.18. The molecule has 1 heterocycles. The van der Waals surface area contributed by atoms with E-state index in [0.29, 0.717) is 10.9 Å². The molecule has 0 amide bonds. The highest BCUT2D eigenvalue weighted by atomic mass is 32.2. The lowest BCUT2D eigenvalue weighted by atomic mass is 9.91. The molecule has 1 aromatic carbocycles. The summed E-state index contributed by atoms with van der Waals surface area (Å²) in [5.41, 5.74) is 0.914. The van der Waals surface area contributed by atoms with Gasteiger partial charge in [-0.05, 0) is 24.5 Å². The maximum atomic E-state index is 12.4. The molecule has 0 spiro atoms. The van der Waals surface area contributed by atoms with Crippen molar-refractivity contribution >= 4 is 9.84 Å². The molecular formula is C14H21NO2S. The van der Waals surface area contributed by atoms with Gasteiger partial charge in [-0.2, -0.15) is 0 Å². The normalized spacial score (nSPS) is 30.2. The van der Waals surface area contributed by atoms with Crippen LogP contribution in [0.4, 0.5) is 0 Å². The lowest BCUT2D eigenvalue weighted by Crippen LogP contribution is -2.43. The van der Waals surface area contributed by atoms with Crippen molar-refractivity contribution in [2.45, 2.75) is 49.9 Å². The SMILES string of the molecule is CC(C)NC1c2ccccc2S(=O)(=O)C(C)C1C. The van der Waals surface area contributed by atoms with Crippen LogP contribution in [0, 0.1) is 5.92 Å². The van der Waals surface area contributed by atoms with Crippen molar-refractivity contribution in [3.63, 3.8) is 0 Å². The molecule has 0 bridgehead atoms. The zero-order valence-corrected chi connectivity index (χ0v) is 12.2. The molecular weight excluding hydrogens is 246 g/mol. The van der Waals surface area contributed by atoms with Crippen LogP contribution in [-0.2, 0) is 9.84 Å². The Hall–Kier alpha value is -0.870. The van der Waals surface area contributed by atoms with Gasteiger partial charge in [0.05, 0.1) is 10.1 Å². The van der Waals surface area contributed by atoms with Crippen LogP contribution in [0.15, 0.2) is 29.2 Å². The molecule has 0 saturated carbocycles. The van der Waals surface area contributed by atoms with Crippen LogP contribution in [0.25, 0.3) is 0 Å². The van der Waals surface area contributed by atoms with Gasteiger partial charge in [-0.1, -0.05) is 39.0 Å². The van der Waals surface area contributed by atoms with E-state index in [2.05, 4.69) is 19.2 Å². The van der Waals surface area contributed by atoms with Crippen LogP contribution in [0.3, 0.4) is 0 Å². The molecule has 1 N–H and O–H groups in total. The average Bonchev–Trinajstić information content (AvgIpc) is 2.32. The number of fused-ring (bicyclic) bond motifs is 1. The molecule has 3 nitrogen and oxygen atoms in total. The van der Waals surface area contributed by atoms with E-state index in [9.17, 15) is 8.42 Å². The highest BCUT2D eigenvalue weighted by Crippen LogP contribution is 2.40. The number of nitrogens with one attached hydrogen (secondary N) is 1. The first-order valence-corrected chi connectivity index (χ1v) is 7.99. The van der Waals surface area contributed by atoms with E-state index < -0.39 is 9.84 Å². The van der Waals surface area contributed by atoms with Gasteiger partial charge in [0.2, 0.25) is 0 Å². The molecule has 100 valence electrons. The molecule has 1 aliphatic heterocycles. The molecule has 2 rings (SSSR count). The van der Waals surface area contributed by atoms with Crippen LogP contribution in [0.1, 0.15) is 39.3 Å². The fraction of sp³-hybridized carbons (Fsp3) is 0.571. The largest absolute Gasteiger partial charge is 0.307 e. The van der Waals surface area contributed by atoms with Crippen molar-refractivity contribution in [2.24, 2.45) is 5.92 Å². The minimum Gasteiger partial charge on any atom is -0.307 e. The Morgan fingerprint density at radius 3 is 2.39 bits per heavy atom. The number of hydrogen-bond donors (Lipinski definition) is 1. The lowest BCUT2D eigenvalue weighted by Gasteiger charge is -2.37. The van der Waals surface area contributed by atoms with Crippen LogP contribution >= 0.6 is 0 Å². The van der Waals surface area contributed by atoms with Crippen molar-refractivity contribution in [3.8, 4) is 0 Å². The predicted octanol–water partition coefficient (Wildman–Crippen LogP) is 2.54. The molecule has 4 heteroatoms. The van der Waals surface area contributed by atoms with Gasteiger partial charge in [-0.25, -0.2) is 8.42 Å². The van der Waals surface area contributed by atoms with Crippen LogP contribution in [0.5, 0.6) is 0 Å². The fourth-order valence-electron chi connectivity index (χ4n) is 2.63. The lowest BCUT2D eigenvalue weighted by molar-refractivity contribution is 0.336. The van der Waals surface area contributed by atoms with Crippen molar-refractivity contribution < 1.29 is 8.42 Å². The molecule has 1 aliphatic rings. The third-order valence-corrected chi connectivity index (χ3v) is 6.22. The molecule has 3 atom stereocenters. The molecule has 0 fully saturated rings. The van der Waals surface area contributed by atoms with Gasteiger partial charge in [0, 0.05) is 12.1 Å². The number of rotatable bonds is 2. The molecule has 1 aromatic rings. The summed E-state index contributed by atoms with van der Waals surface area (Å²) in [6.45, 7) is 8.00. The predicted molar refractivity (Wildman–Crippen MR) is 73.3 cm³/mol. The maximum Gasteiger partial charge on any atom is 0.181 e. The summed E-state index contributed by atoms with van der Waals surface area (Å²) < 4.78 is 24.8. The average molecular weight is 267 g/mol. The van der Waals surface area contributed by atoms with E-state index in [1.54, 1.807) is 12.1 Å². The third kappa shape index (κ3) is 2.08. The summed E-state index contributed by atoms with van der Waals surface area (Å²) >= 11 is 0. The number of sulfone groups is 1. The summed E-state index contributed by atoms with van der Waals surface area (Å²) in [4.78, 5) is 0.494. The van der Waals surface area contributed by atoms with E-state index in [4.69, 9.17) is 0 Å². The molecule has 0 aromatic heterocycles. The van der Waals surface area contributed by atoms with Crippen LogP contribution < -0.4 is 5.32 Å². The second kappa shape index (κ2) is 4.67. The van der Waals surface area contributed by atoms with Crippen molar-refractivity contribution in [3.05, 3.63) is 29.8 Å². The fourth-order valence-corrected chi connectivity index (χ4v) is 4.55.